The largest absolute Gasteiger partial charge is 0.330 e. The van der Waals surface area contributed by atoms with Crippen molar-refractivity contribution in [1.82, 2.24) is 0 Å². The molecule has 2 heteroatoms. The molecule has 1 aliphatic rings. The van der Waals surface area contributed by atoms with Gasteiger partial charge in [-0.2, -0.15) is 0 Å². The third kappa shape index (κ3) is 1.70. The maximum atomic E-state index is 5.92. The highest BCUT2D eigenvalue weighted by atomic mass is 35.5. The second-order valence-corrected chi connectivity index (χ2v) is 5.03. The van der Waals surface area contributed by atoms with E-state index in [9.17, 15) is 0 Å². The molecule has 0 aliphatic heterocycles. The number of nitrogens with two attached hydrogens (primary N) is 1. The molecule has 0 aromatic carbocycles. The third-order valence-electron chi connectivity index (χ3n) is 3.12. The second-order valence-electron chi connectivity index (χ2n) is 4.29. The van der Waals surface area contributed by atoms with Crippen LogP contribution in [0.15, 0.2) is 0 Å². The fourth-order valence-electron chi connectivity index (χ4n) is 2.14. The number of alkyl halides is 1. The summed E-state index contributed by atoms with van der Waals surface area (Å²) in [5.41, 5.74) is 6.09. The van der Waals surface area contributed by atoms with Gasteiger partial charge in [0.2, 0.25) is 0 Å². The van der Waals surface area contributed by atoms with Crippen molar-refractivity contribution in [3.8, 4) is 0 Å². The number of hydrogen-bond donors (Lipinski definition) is 1. The molecule has 1 fully saturated rings. The average molecular weight is 176 g/mol. The molecule has 0 aromatic heterocycles. The summed E-state index contributed by atoms with van der Waals surface area (Å²) < 4.78 is 0. The van der Waals surface area contributed by atoms with Crippen LogP contribution in [-0.2, 0) is 0 Å². The van der Waals surface area contributed by atoms with Gasteiger partial charge in [0.1, 0.15) is 0 Å². The van der Waals surface area contributed by atoms with Crippen LogP contribution in [-0.4, -0.2) is 11.9 Å². The molecule has 66 valence electrons. The molecule has 0 unspecified atom stereocenters. The summed E-state index contributed by atoms with van der Waals surface area (Å²) in [6, 6.07) is 0. The Morgan fingerprint density at radius 3 is 2.27 bits per heavy atom. The number of hydrogen-bond acceptors (Lipinski definition) is 1. The van der Waals surface area contributed by atoms with E-state index in [0.717, 1.165) is 18.9 Å². The highest BCUT2D eigenvalue weighted by molar-refractivity contribution is 6.20. The van der Waals surface area contributed by atoms with Crippen molar-refractivity contribution in [3.63, 3.8) is 0 Å². The molecule has 1 saturated carbocycles. The van der Waals surface area contributed by atoms with Crippen LogP contribution in [0.5, 0.6) is 0 Å². The van der Waals surface area contributed by atoms with Crippen molar-refractivity contribution in [3.05, 3.63) is 0 Å². The minimum atomic E-state index is 0.302. The number of rotatable bonds is 3. The van der Waals surface area contributed by atoms with E-state index >= 15 is 0 Å². The Morgan fingerprint density at radius 1 is 1.45 bits per heavy atom. The minimum absolute atomic E-state index is 0.302. The van der Waals surface area contributed by atoms with Gasteiger partial charge in [-0.05, 0) is 37.1 Å². The van der Waals surface area contributed by atoms with Crippen LogP contribution in [0.4, 0.5) is 0 Å². The van der Waals surface area contributed by atoms with Gasteiger partial charge in [-0.25, -0.2) is 0 Å². The van der Waals surface area contributed by atoms with Gasteiger partial charge in [0.15, 0.2) is 0 Å². The van der Waals surface area contributed by atoms with E-state index in [-0.39, 0.29) is 0 Å². The third-order valence-corrected chi connectivity index (χ3v) is 3.30. The van der Waals surface area contributed by atoms with Gasteiger partial charge in [-0.15, -0.1) is 11.6 Å². The lowest BCUT2D eigenvalue weighted by Crippen LogP contribution is -2.05. The normalized spacial score (nSPS) is 36.8. The lowest BCUT2D eigenvalue weighted by Gasteiger charge is -2.03. The van der Waals surface area contributed by atoms with Crippen LogP contribution in [0.3, 0.4) is 0 Å². The van der Waals surface area contributed by atoms with E-state index in [1.165, 1.54) is 0 Å². The van der Waals surface area contributed by atoms with Crippen molar-refractivity contribution in [2.45, 2.75) is 32.6 Å². The van der Waals surface area contributed by atoms with Gasteiger partial charge in [0.05, 0.1) is 0 Å². The van der Waals surface area contributed by atoms with Gasteiger partial charge >= 0.3 is 0 Å². The first kappa shape index (κ1) is 9.34. The van der Waals surface area contributed by atoms with Crippen molar-refractivity contribution < 1.29 is 0 Å². The zero-order valence-corrected chi connectivity index (χ0v) is 8.36. The molecular weight excluding hydrogens is 158 g/mol. The van der Waals surface area contributed by atoms with Crippen molar-refractivity contribution in [1.29, 1.82) is 0 Å². The monoisotopic (exact) mass is 175 g/mol. The first-order valence-electron chi connectivity index (χ1n) is 4.34. The Balaban J connectivity index is 2.39. The summed E-state index contributed by atoms with van der Waals surface area (Å²) in [6.07, 6.45) is 1.12. The van der Waals surface area contributed by atoms with E-state index in [2.05, 4.69) is 20.8 Å². The molecule has 0 heterocycles. The summed E-state index contributed by atoms with van der Waals surface area (Å²) in [5.74, 6) is 1.48. The van der Waals surface area contributed by atoms with Crippen LogP contribution in [0, 0.1) is 17.3 Å². The van der Waals surface area contributed by atoms with Crippen molar-refractivity contribution >= 4 is 11.6 Å². The van der Waals surface area contributed by atoms with Gasteiger partial charge in [0, 0.05) is 5.38 Å². The lowest BCUT2D eigenvalue weighted by atomic mass is 10.1. The molecule has 0 spiro atoms. The second kappa shape index (κ2) is 2.95. The molecule has 0 radical (unpaired) electrons. The van der Waals surface area contributed by atoms with E-state index in [0.29, 0.717) is 16.7 Å². The molecule has 0 amide bonds. The molecular formula is C9H18ClN. The van der Waals surface area contributed by atoms with Crippen LogP contribution >= 0.6 is 11.6 Å². The van der Waals surface area contributed by atoms with E-state index in [1.807, 2.05) is 0 Å². The molecule has 1 nitrogen and oxygen atoms in total. The molecule has 11 heavy (non-hydrogen) atoms. The molecule has 1 aliphatic carbocycles. The fourth-order valence-corrected chi connectivity index (χ4v) is 2.34. The zero-order valence-electron chi connectivity index (χ0n) is 7.60. The maximum absolute atomic E-state index is 5.92. The zero-order chi connectivity index (χ0) is 8.65. The van der Waals surface area contributed by atoms with Gasteiger partial charge in [-0.1, -0.05) is 13.8 Å². The topological polar surface area (TPSA) is 26.0 Å². The van der Waals surface area contributed by atoms with E-state index < -0.39 is 0 Å². The molecule has 0 bridgehead atoms. The predicted octanol–water partition coefficient (Wildman–Crippen LogP) is 2.23. The Bertz CT molecular complexity index is 142. The average Bonchev–Trinajstić information content (AvgIpc) is 2.33. The predicted molar refractivity (Wildman–Crippen MR) is 49.7 cm³/mol. The Morgan fingerprint density at radius 2 is 2.00 bits per heavy atom. The minimum Gasteiger partial charge on any atom is -0.330 e. The smallest absolute Gasteiger partial charge is 0.0310 e. The number of halogens is 1. The van der Waals surface area contributed by atoms with Gasteiger partial charge < -0.3 is 5.73 Å². The van der Waals surface area contributed by atoms with Gasteiger partial charge in [-0.3, -0.25) is 0 Å². The molecule has 0 aromatic rings. The van der Waals surface area contributed by atoms with Gasteiger partial charge in [0.25, 0.3) is 0 Å². The van der Waals surface area contributed by atoms with Crippen LogP contribution in [0.1, 0.15) is 27.2 Å². The highest BCUT2D eigenvalue weighted by Gasteiger charge is 2.56. The van der Waals surface area contributed by atoms with E-state index in [4.69, 9.17) is 17.3 Å². The Kier molecular flexibility index (Phi) is 2.50. The summed E-state index contributed by atoms with van der Waals surface area (Å²) in [6.45, 7) is 7.45. The SMILES string of the molecule is C[C@H](Cl)C[C@H]1[C@H](CN)C1(C)C. The highest BCUT2D eigenvalue weighted by Crippen LogP contribution is 2.59. The molecule has 2 N–H and O–H groups in total. The van der Waals surface area contributed by atoms with Crippen LogP contribution in [0.25, 0.3) is 0 Å². The van der Waals surface area contributed by atoms with Crippen molar-refractivity contribution in [2.24, 2.45) is 23.0 Å². The first-order chi connectivity index (χ1) is 5.00. The quantitative estimate of drug-likeness (QED) is 0.655. The first-order valence-corrected chi connectivity index (χ1v) is 4.78. The summed E-state index contributed by atoms with van der Waals surface area (Å²) in [4.78, 5) is 0. The summed E-state index contributed by atoms with van der Waals surface area (Å²) in [7, 11) is 0. The lowest BCUT2D eigenvalue weighted by molar-refractivity contribution is 0.521. The summed E-state index contributed by atoms with van der Waals surface area (Å²) in [5, 5.41) is 0.302. The Hall–Kier alpha value is 0.250. The maximum Gasteiger partial charge on any atom is 0.0310 e. The molecule has 3 atom stereocenters. The van der Waals surface area contributed by atoms with E-state index in [1.54, 1.807) is 0 Å². The fraction of sp³-hybridized carbons (Fsp3) is 1.00. The van der Waals surface area contributed by atoms with Crippen molar-refractivity contribution in [2.75, 3.05) is 6.54 Å². The van der Waals surface area contributed by atoms with Crippen LogP contribution in [0.2, 0.25) is 0 Å². The summed E-state index contributed by atoms with van der Waals surface area (Å²) >= 11 is 5.92. The Labute approximate surface area is 74.3 Å². The molecule has 0 saturated heterocycles. The van der Waals surface area contributed by atoms with Crippen LogP contribution < -0.4 is 5.73 Å². The molecule has 1 rings (SSSR count). The standard InChI is InChI=1S/C9H18ClN/c1-6(10)4-7-8(5-11)9(7,2)3/h6-8H,4-5,11H2,1-3H3/t6-,7-,8-/m0/s1.